The number of rotatable bonds is 4. The highest BCUT2D eigenvalue weighted by molar-refractivity contribution is 5.99. The normalized spacial score (nSPS) is 13.4. The lowest BCUT2D eigenvalue weighted by Gasteiger charge is -2.35. The van der Waals surface area contributed by atoms with Crippen molar-refractivity contribution in [2.45, 2.75) is 31.6 Å². The van der Waals surface area contributed by atoms with Crippen LogP contribution in [-0.2, 0) is 10.8 Å². The quantitative estimate of drug-likeness (QED) is 0.194. The minimum atomic E-state index is -0.676. The largest absolute Gasteiger partial charge is 0.256 e. The maximum absolute atomic E-state index is 4.97. The Morgan fingerprint density at radius 1 is 0.429 bits per heavy atom. The Labute approximate surface area is 286 Å². The van der Waals surface area contributed by atoms with Gasteiger partial charge in [0.25, 0.3) is 0 Å². The molecule has 4 nitrogen and oxygen atoms in total. The summed E-state index contributed by atoms with van der Waals surface area (Å²) in [6, 6.07) is 45.7. The van der Waals surface area contributed by atoms with Crippen LogP contribution >= 0.6 is 0 Å². The Hall–Kier alpha value is -6.00. The molecule has 1 aliphatic rings. The van der Waals surface area contributed by atoms with Gasteiger partial charge in [0.15, 0.2) is 0 Å². The minimum Gasteiger partial charge on any atom is -0.256 e. The molecule has 4 aromatic heterocycles. The predicted molar refractivity (Wildman–Crippen MR) is 200 cm³/mol. The van der Waals surface area contributed by atoms with Gasteiger partial charge in [-0.05, 0) is 105 Å². The molecule has 0 saturated carbocycles. The third kappa shape index (κ3) is 4.51. The number of nitrogens with zero attached hydrogens (tertiary/aromatic N) is 4. The van der Waals surface area contributed by atoms with Crippen molar-refractivity contribution in [2.24, 2.45) is 0 Å². The zero-order chi connectivity index (χ0) is 33.2. The second kappa shape index (κ2) is 11.0. The second-order valence-electron chi connectivity index (χ2n) is 13.9. The van der Waals surface area contributed by atoms with E-state index >= 15 is 0 Å². The molecule has 4 heterocycles. The molecule has 0 N–H and O–H groups in total. The highest BCUT2D eigenvalue weighted by Gasteiger charge is 2.47. The average molecular weight is 631 g/mol. The second-order valence-corrected chi connectivity index (χ2v) is 13.9. The van der Waals surface area contributed by atoms with Gasteiger partial charge < -0.3 is 0 Å². The minimum absolute atomic E-state index is 0.0200. The van der Waals surface area contributed by atoms with E-state index in [1.165, 1.54) is 27.8 Å². The van der Waals surface area contributed by atoms with Crippen molar-refractivity contribution in [3.8, 4) is 33.6 Å². The summed E-state index contributed by atoms with van der Waals surface area (Å²) in [5, 5.41) is 2.15. The first-order valence-electron chi connectivity index (χ1n) is 16.8. The lowest BCUT2D eigenvalue weighted by Crippen LogP contribution is -2.29. The molecule has 49 heavy (non-hydrogen) atoms. The van der Waals surface area contributed by atoms with E-state index in [9.17, 15) is 0 Å². The van der Waals surface area contributed by atoms with Crippen LogP contribution in [0.15, 0.2) is 152 Å². The summed E-state index contributed by atoms with van der Waals surface area (Å²) in [7, 11) is 0. The number of hydrogen-bond donors (Lipinski definition) is 0. The van der Waals surface area contributed by atoms with E-state index in [0.29, 0.717) is 0 Å². The topological polar surface area (TPSA) is 51.6 Å². The third-order valence-electron chi connectivity index (χ3n) is 10.1. The van der Waals surface area contributed by atoms with E-state index < -0.39 is 5.41 Å². The number of aromatic nitrogens is 4. The average Bonchev–Trinajstić information content (AvgIpc) is 3.45. The van der Waals surface area contributed by atoms with E-state index in [2.05, 4.69) is 124 Å². The number of hydrogen-bond acceptors (Lipinski definition) is 4. The van der Waals surface area contributed by atoms with Crippen molar-refractivity contribution in [1.29, 1.82) is 0 Å². The fourth-order valence-corrected chi connectivity index (χ4v) is 7.81. The molecule has 8 aromatic rings. The van der Waals surface area contributed by atoms with Gasteiger partial charge in [0, 0.05) is 46.7 Å². The molecular formula is C45H34N4. The maximum Gasteiger partial charge on any atom is 0.0715 e. The standard InChI is InChI=1S/C45H34N4/c1-44(2,3)29-19-23-49-43(26-29)37-25-31(28-42-35(37)15-11-22-48-42)45(38-16-6-4-12-32(38)33-13-5-7-17-39(33)45)30-24-36(40-18-8-9-20-46-40)34-14-10-21-47-41(34)27-30/h4-28H,1-3H3. The molecule has 0 saturated heterocycles. The lowest BCUT2D eigenvalue weighted by atomic mass is 9.66. The molecule has 4 aromatic carbocycles. The Bertz CT molecular complexity index is 2500. The maximum atomic E-state index is 4.97. The Morgan fingerprint density at radius 3 is 1.53 bits per heavy atom. The van der Waals surface area contributed by atoms with Crippen molar-refractivity contribution in [1.82, 2.24) is 19.9 Å². The fourth-order valence-electron chi connectivity index (χ4n) is 7.81. The Morgan fingerprint density at radius 2 is 0.959 bits per heavy atom. The highest BCUT2D eigenvalue weighted by Crippen LogP contribution is 2.57. The van der Waals surface area contributed by atoms with E-state index in [-0.39, 0.29) is 5.41 Å². The highest BCUT2D eigenvalue weighted by atomic mass is 14.7. The van der Waals surface area contributed by atoms with Gasteiger partial charge in [0.05, 0.1) is 27.8 Å². The number of fused-ring (bicyclic) bond motifs is 5. The first-order chi connectivity index (χ1) is 23.9. The molecule has 0 fully saturated rings. The van der Waals surface area contributed by atoms with Crippen LogP contribution in [0.1, 0.15) is 48.6 Å². The summed E-state index contributed by atoms with van der Waals surface area (Å²) in [4.78, 5) is 19.7. The van der Waals surface area contributed by atoms with Crippen LogP contribution in [-0.4, -0.2) is 19.9 Å². The molecule has 9 rings (SSSR count). The SMILES string of the molecule is CC(C)(C)c1ccnc(-c2cc(C3(c4cc(-c5ccccn5)c5cccnc5c4)c4ccccc4-c4ccccc43)cc3ncccc23)c1. The molecule has 0 amide bonds. The van der Waals surface area contributed by atoms with Crippen molar-refractivity contribution in [3.05, 3.63) is 180 Å². The summed E-state index contributed by atoms with van der Waals surface area (Å²) in [5.41, 5.74) is 13.6. The molecule has 0 bridgehead atoms. The van der Waals surface area contributed by atoms with Crippen LogP contribution < -0.4 is 0 Å². The van der Waals surface area contributed by atoms with Gasteiger partial charge in [-0.1, -0.05) is 87.5 Å². The molecule has 0 atom stereocenters. The van der Waals surface area contributed by atoms with Crippen LogP contribution in [0.4, 0.5) is 0 Å². The molecule has 0 unspecified atom stereocenters. The summed E-state index contributed by atoms with van der Waals surface area (Å²) in [6.45, 7) is 6.74. The number of benzene rings is 4. The van der Waals surface area contributed by atoms with Gasteiger partial charge >= 0.3 is 0 Å². The summed E-state index contributed by atoms with van der Waals surface area (Å²) < 4.78 is 0. The van der Waals surface area contributed by atoms with Crippen LogP contribution in [0, 0.1) is 0 Å². The molecule has 1 aliphatic carbocycles. The van der Waals surface area contributed by atoms with Crippen LogP contribution in [0.25, 0.3) is 55.4 Å². The zero-order valence-electron chi connectivity index (χ0n) is 27.7. The molecule has 0 spiro atoms. The molecule has 234 valence electrons. The smallest absolute Gasteiger partial charge is 0.0715 e. The predicted octanol–water partition coefficient (Wildman–Crippen LogP) is 10.6. The van der Waals surface area contributed by atoms with E-state index in [4.69, 9.17) is 19.9 Å². The van der Waals surface area contributed by atoms with E-state index in [1.807, 2.05) is 49.1 Å². The van der Waals surface area contributed by atoms with Crippen molar-refractivity contribution in [2.75, 3.05) is 0 Å². The van der Waals surface area contributed by atoms with Crippen molar-refractivity contribution < 1.29 is 0 Å². The summed E-state index contributed by atoms with van der Waals surface area (Å²) >= 11 is 0. The van der Waals surface area contributed by atoms with E-state index in [0.717, 1.165) is 55.4 Å². The van der Waals surface area contributed by atoms with Gasteiger partial charge in [0.1, 0.15) is 0 Å². The molecule has 0 radical (unpaired) electrons. The third-order valence-corrected chi connectivity index (χ3v) is 10.1. The zero-order valence-corrected chi connectivity index (χ0v) is 27.7. The fraction of sp³-hybridized carbons (Fsp3) is 0.111. The monoisotopic (exact) mass is 630 g/mol. The van der Waals surface area contributed by atoms with Crippen LogP contribution in [0.2, 0.25) is 0 Å². The molecular weight excluding hydrogens is 597 g/mol. The van der Waals surface area contributed by atoms with Gasteiger partial charge in [-0.3, -0.25) is 19.9 Å². The van der Waals surface area contributed by atoms with Crippen LogP contribution in [0.3, 0.4) is 0 Å². The van der Waals surface area contributed by atoms with Gasteiger partial charge in [-0.15, -0.1) is 0 Å². The lowest BCUT2D eigenvalue weighted by molar-refractivity contribution is 0.589. The van der Waals surface area contributed by atoms with Gasteiger partial charge in [0.2, 0.25) is 0 Å². The first kappa shape index (κ1) is 29.2. The summed E-state index contributed by atoms with van der Waals surface area (Å²) in [5.74, 6) is 0. The van der Waals surface area contributed by atoms with Crippen molar-refractivity contribution >= 4 is 21.8 Å². The number of pyridine rings is 4. The van der Waals surface area contributed by atoms with Gasteiger partial charge in [-0.25, -0.2) is 0 Å². The summed E-state index contributed by atoms with van der Waals surface area (Å²) in [6.07, 6.45) is 7.57. The van der Waals surface area contributed by atoms with Crippen molar-refractivity contribution in [3.63, 3.8) is 0 Å². The van der Waals surface area contributed by atoms with Gasteiger partial charge in [-0.2, -0.15) is 0 Å². The molecule has 0 aliphatic heterocycles. The Balaban J connectivity index is 1.44. The van der Waals surface area contributed by atoms with E-state index in [1.54, 1.807) is 0 Å². The van der Waals surface area contributed by atoms with Crippen LogP contribution in [0.5, 0.6) is 0 Å². The Kier molecular flexibility index (Phi) is 6.57. The first-order valence-corrected chi connectivity index (χ1v) is 16.8. The molecule has 4 heteroatoms.